The molecule has 1 rings (SSSR count). The first-order chi connectivity index (χ1) is 5.74. The summed E-state index contributed by atoms with van der Waals surface area (Å²) in [6, 6.07) is 6.22. The first-order valence-corrected chi connectivity index (χ1v) is 4.61. The van der Waals surface area contributed by atoms with Gasteiger partial charge in [0.25, 0.3) is 0 Å². The molecular formula is C10H10BrN. The molecule has 0 unspecified atom stereocenters. The minimum atomic E-state index is 0.571. The first kappa shape index (κ1) is 9.28. The maximum Gasteiger partial charge on any atom is 0.218 e. The van der Waals surface area contributed by atoms with E-state index in [-0.39, 0.29) is 0 Å². The maximum atomic E-state index is 6.69. The molecule has 0 N–H and O–H groups in total. The lowest BCUT2D eigenvalue weighted by molar-refractivity contribution is 1.06. The molecule has 0 bridgehead atoms. The zero-order valence-corrected chi connectivity index (χ0v) is 8.56. The molecule has 1 nitrogen and oxygen atoms in total. The van der Waals surface area contributed by atoms with Gasteiger partial charge in [-0.1, -0.05) is 33.6 Å². The van der Waals surface area contributed by atoms with Crippen LogP contribution in [0.25, 0.3) is 4.85 Å². The van der Waals surface area contributed by atoms with E-state index in [1.807, 2.05) is 6.07 Å². The first-order valence-electron chi connectivity index (χ1n) is 3.82. The van der Waals surface area contributed by atoms with Crippen LogP contribution in [0.15, 0.2) is 22.7 Å². The predicted molar refractivity (Wildman–Crippen MR) is 54.1 cm³/mol. The zero-order chi connectivity index (χ0) is 8.97. The van der Waals surface area contributed by atoms with E-state index in [1.165, 1.54) is 11.1 Å². The van der Waals surface area contributed by atoms with Gasteiger partial charge in [0, 0.05) is 10.9 Å². The highest BCUT2D eigenvalue weighted by atomic mass is 79.9. The van der Waals surface area contributed by atoms with E-state index >= 15 is 0 Å². The molecule has 0 aromatic heterocycles. The van der Waals surface area contributed by atoms with Gasteiger partial charge in [-0.3, -0.25) is 0 Å². The van der Waals surface area contributed by atoms with E-state index < -0.39 is 0 Å². The molecule has 0 radical (unpaired) electrons. The fraction of sp³-hybridized carbons (Fsp3) is 0.300. The largest absolute Gasteiger partial charge is 0.317 e. The van der Waals surface area contributed by atoms with Gasteiger partial charge in [-0.2, -0.15) is 0 Å². The van der Waals surface area contributed by atoms with Crippen molar-refractivity contribution in [3.63, 3.8) is 0 Å². The van der Waals surface area contributed by atoms with Gasteiger partial charge in [0.1, 0.15) is 0 Å². The molecule has 0 saturated carbocycles. The SMILES string of the molecule is [C-]#[N+]CCc1cc(C)ccc1Br. The van der Waals surface area contributed by atoms with E-state index in [0.717, 1.165) is 10.9 Å². The van der Waals surface area contributed by atoms with Crippen LogP contribution in [-0.2, 0) is 6.42 Å². The van der Waals surface area contributed by atoms with Gasteiger partial charge < -0.3 is 4.85 Å². The van der Waals surface area contributed by atoms with Crippen molar-refractivity contribution in [2.24, 2.45) is 0 Å². The van der Waals surface area contributed by atoms with Gasteiger partial charge in [-0.15, -0.1) is 0 Å². The van der Waals surface area contributed by atoms with Crippen LogP contribution in [0.3, 0.4) is 0 Å². The Morgan fingerprint density at radius 3 is 2.92 bits per heavy atom. The van der Waals surface area contributed by atoms with Crippen LogP contribution in [0.4, 0.5) is 0 Å². The average Bonchev–Trinajstić information content (AvgIpc) is 2.07. The highest BCUT2D eigenvalue weighted by Crippen LogP contribution is 2.18. The van der Waals surface area contributed by atoms with Crippen molar-refractivity contribution in [1.29, 1.82) is 0 Å². The van der Waals surface area contributed by atoms with Gasteiger partial charge in [-0.05, 0) is 18.6 Å². The van der Waals surface area contributed by atoms with Crippen LogP contribution < -0.4 is 0 Å². The number of hydrogen-bond acceptors (Lipinski definition) is 0. The molecule has 12 heavy (non-hydrogen) atoms. The van der Waals surface area contributed by atoms with E-state index in [0.29, 0.717) is 6.54 Å². The van der Waals surface area contributed by atoms with Crippen molar-refractivity contribution >= 4 is 15.9 Å². The summed E-state index contributed by atoms with van der Waals surface area (Å²) >= 11 is 3.46. The summed E-state index contributed by atoms with van der Waals surface area (Å²) in [5, 5.41) is 0. The van der Waals surface area contributed by atoms with E-state index in [2.05, 4.69) is 39.8 Å². The number of halogens is 1. The molecule has 2 heteroatoms. The fourth-order valence-corrected chi connectivity index (χ4v) is 1.52. The zero-order valence-electron chi connectivity index (χ0n) is 6.97. The number of aryl methyl sites for hydroxylation is 1. The normalized spacial score (nSPS) is 9.42. The maximum absolute atomic E-state index is 6.69. The van der Waals surface area contributed by atoms with Crippen molar-refractivity contribution in [2.45, 2.75) is 13.3 Å². The molecule has 0 aliphatic rings. The topological polar surface area (TPSA) is 4.36 Å². The van der Waals surface area contributed by atoms with Crippen LogP contribution in [0.1, 0.15) is 11.1 Å². The minimum absolute atomic E-state index is 0.571. The summed E-state index contributed by atoms with van der Waals surface area (Å²) < 4.78 is 1.11. The van der Waals surface area contributed by atoms with Crippen molar-refractivity contribution < 1.29 is 0 Å². The highest BCUT2D eigenvalue weighted by Gasteiger charge is 2.00. The van der Waals surface area contributed by atoms with Crippen molar-refractivity contribution in [2.75, 3.05) is 6.54 Å². The average molecular weight is 224 g/mol. The van der Waals surface area contributed by atoms with Crippen LogP contribution in [0.5, 0.6) is 0 Å². The molecule has 0 spiro atoms. The Morgan fingerprint density at radius 2 is 2.25 bits per heavy atom. The second kappa shape index (κ2) is 4.27. The van der Waals surface area contributed by atoms with Crippen LogP contribution in [0, 0.1) is 13.5 Å². The van der Waals surface area contributed by atoms with Crippen LogP contribution >= 0.6 is 15.9 Å². The lowest BCUT2D eigenvalue weighted by atomic mass is 10.1. The molecule has 0 aliphatic carbocycles. The lowest BCUT2D eigenvalue weighted by Crippen LogP contribution is -1.89. The Bertz CT molecular complexity index is 312. The summed E-state index contributed by atoms with van der Waals surface area (Å²) in [7, 11) is 0. The summed E-state index contributed by atoms with van der Waals surface area (Å²) in [5.41, 5.74) is 2.48. The number of benzene rings is 1. The Kier molecular flexibility index (Phi) is 3.31. The van der Waals surface area contributed by atoms with E-state index in [1.54, 1.807) is 0 Å². The molecule has 0 aliphatic heterocycles. The third kappa shape index (κ3) is 2.35. The molecule has 0 amide bonds. The van der Waals surface area contributed by atoms with Crippen LogP contribution in [-0.4, -0.2) is 6.54 Å². The van der Waals surface area contributed by atoms with Crippen LogP contribution in [0.2, 0.25) is 0 Å². The van der Waals surface area contributed by atoms with Gasteiger partial charge in [0.05, 0.1) is 0 Å². The number of hydrogen-bond donors (Lipinski definition) is 0. The van der Waals surface area contributed by atoms with Crippen molar-refractivity contribution in [3.8, 4) is 0 Å². The lowest BCUT2D eigenvalue weighted by Gasteiger charge is -2.01. The number of rotatable bonds is 2. The number of nitrogens with zero attached hydrogens (tertiary/aromatic N) is 1. The second-order valence-electron chi connectivity index (χ2n) is 2.73. The van der Waals surface area contributed by atoms with Crippen molar-refractivity contribution in [1.82, 2.24) is 0 Å². The highest BCUT2D eigenvalue weighted by molar-refractivity contribution is 9.10. The van der Waals surface area contributed by atoms with Gasteiger partial charge >= 0.3 is 0 Å². The smallest absolute Gasteiger partial charge is 0.218 e. The third-order valence-electron chi connectivity index (χ3n) is 1.69. The molecule has 0 atom stereocenters. The summed E-state index contributed by atoms with van der Waals surface area (Å²) in [5.74, 6) is 0. The Morgan fingerprint density at radius 1 is 1.50 bits per heavy atom. The molecule has 0 heterocycles. The standard InChI is InChI=1S/C10H10BrN/c1-8-3-4-10(11)9(7-8)5-6-12-2/h3-4,7H,5-6H2,1H3. The van der Waals surface area contributed by atoms with E-state index in [4.69, 9.17) is 6.57 Å². The second-order valence-corrected chi connectivity index (χ2v) is 3.58. The third-order valence-corrected chi connectivity index (χ3v) is 2.47. The molecular weight excluding hydrogens is 214 g/mol. The minimum Gasteiger partial charge on any atom is -0.317 e. The molecule has 62 valence electrons. The molecule has 0 fully saturated rings. The van der Waals surface area contributed by atoms with Gasteiger partial charge in [-0.25, -0.2) is 6.57 Å². The summed E-state index contributed by atoms with van der Waals surface area (Å²) in [4.78, 5) is 3.33. The Balaban J connectivity index is 2.84. The molecule has 0 saturated heterocycles. The summed E-state index contributed by atoms with van der Waals surface area (Å²) in [6.45, 7) is 9.32. The molecule has 1 aromatic carbocycles. The fourth-order valence-electron chi connectivity index (χ4n) is 1.07. The van der Waals surface area contributed by atoms with Gasteiger partial charge in [0.15, 0.2) is 0 Å². The van der Waals surface area contributed by atoms with Gasteiger partial charge in [0.2, 0.25) is 6.54 Å². The molecule has 1 aromatic rings. The van der Waals surface area contributed by atoms with E-state index in [9.17, 15) is 0 Å². The van der Waals surface area contributed by atoms with Crippen molar-refractivity contribution in [3.05, 3.63) is 45.2 Å². The Labute approximate surface area is 81.4 Å². The summed E-state index contributed by atoms with van der Waals surface area (Å²) in [6.07, 6.45) is 0.839. The quantitative estimate of drug-likeness (QED) is 0.679. The Hall–Kier alpha value is -0.810. The predicted octanol–water partition coefficient (Wildman–Crippen LogP) is 3.22. The monoisotopic (exact) mass is 223 g/mol.